The van der Waals surface area contributed by atoms with E-state index in [2.05, 4.69) is 0 Å². The molecule has 0 radical (unpaired) electrons. The molecule has 1 N–H and O–H groups in total. The number of carbonyl (C=O) groups excluding carboxylic acids is 2. The van der Waals surface area contributed by atoms with Crippen LogP contribution in [-0.4, -0.2) is 36.0 Å². The van der Waals surface area contributed by atoms with Gasteiger partial charge < -0.3 is 14.9 Å². The molecule has 2 heterocycles. The maximum absolute atomic E-state index is 12.0. The van der Waals surface area contributed by atoms with Crippen molar-refractivity contribution in [2.24, 2.45) is 5.92 Å². The van der Waals surface area contributed by atoms with Crippen LogP contribution in [-0.2, 0) is 14.4 Å². The second-order valence-corrected chi connectivity index (χ2v) is 5.86. The molecule has 6 heteroatoms. The first kappa shape index (κ1) is 14.6. The molecule has 2 fully saturated rings. The first-order valence-corrected chi connectivity index (χ1v) is 7.41. The summed E-state index contributed by atoms with van der Waals surface area (Å²) in [5.41, 5.74) is 2.48. The number of amides is 2. The number of rotatable bonds is 3. The van der Waals surface area contributed by atoms with Gasteiger partial charge in [0.2, 0.25) is 11.8 Å². The van der Waals surface area contributed by atoms with E-state index in [4.69, 9.17) is 5.11 Å². The second kappa shape index (κ2) is 5.44. The van der Waals surface area contributed by atoms with Crippen molar-refractivity contribution in [3.8, 4) is 0 Å². The molecule has 1 aromatic rings. The molecule has 2 aliphatic heterocycles. The zero-order valence-corrected chi connectivity index (χ0v) is 12.4. The zero-order chi connectivity index (χ0) is 15.9. The molecule has 116 valence electrons. The van der Waals surface area contributed by atoms with Crippen molar-refractivity contribution >= 4 is 29.2 Å². The van der Waals surface area contributed by atoms with Crippen LogP contribution in [0.5, 0.6) is 0 Å². The number of benzene rings is 1. The topological polar surface area (TPSA) is 77.9 Å². The molecule has 0 bridgehead atoms. The lowest BCUT2D eigenvalue weighted by molar-refractivity contribution is -0.141. The summed E-state index contributed by atoms with van der Waals surface area (Å²) < 4.78 is 0. The molecule has 0 saturated carbocycles. The SMILES string of the molecule is Cc1cc(N2CC(C(=O)O)CC2=O)ccc1N1CCCC1=O. The van der Waals surface area contributed by atoms with Gasteiger partial charge in [0.05, 0.1) is 5.92 Å². The van der Waals surface area contributed by atoms with Crippen LogP contribution >= 0.6 is 0 Å². The lowest BCUT2D eigenvalue weighted by Crippen LogP contribution is -2.27. The number of hydrogen-bond donors (Lipinski definition) is 1. The van der Waals surface area contributed by atoms with Gasteiger partial charge in [-0.3, -0.25) is 14.4 Å². The van der Waals surface area contributed by atoms with Crippen LogP contribution in [0.15, 0.2) is 18.2 Å². The number of hydrogen-bond acceptors (Lipinski definition) is 3. The van der Waals surface area contributed by atoms with Gasteiger partial charge >= 0.3 is 5.97 Å². The predicted octanol–water partition coefficient (Wildman–Crippen LogP) is 1.56. The van der Waals surface area contributed by atoms with Crippen LogP contribution < -0.4 is 9.80 Å². The van der Waals surface area contributed by atoms with Crippen LogP contribution in [0.3, 0.4) is 0 Å². The second-order valence-electron chi connectivity index (χ2n) is 5.86. The average molecular weight is 302 g/mol. The lowest BCUT2D eigenvalue weighted by atomic mass is 10.1. The minimum absolute atomic E-state index is 0.0424. The molecular weight excluding hydrogens is 284 g/mol. The minimum Gasteiger partial charge on any atom is -0.481 e. The van der Waals surface area contributed by atoms with Gasteiger partial charge in [0.25, 0.3) is 0 Å². The van der Waals surface area contributed by atoms with E-state index in [1.54, 1.807) is 11.0 Å². The van der Waals surface area contributed by atoms with Gasteiger partial charge in [-0.25, -0.2) is 0 Å². The van der Waals surface area contributed by atoms with Gasteiger partial charge in [-0.15, -0.1) is 0 Å². The normalized spacial score (nSPS) is 21.8. The fourth-order valence-corrected chi connectivity index (χ4v) is 3.14. The van der Waals surface area contributed by atoms with E-state index in [1.165, 1.54) is 4.90 Å². The van der Waals surface area contributed by atoms with Crippen molar-refractivity contribution in [3.05, 3.63) is 23.8 Å². The number of anilines is 2. The summed E-state index contributed by atoms with van der Waals surface area (Å²) in [6.07, 6.45) is 1.48. The standard InChI is InChI=1S/C16H18N2O4/c1-10-7-12(18-9-11(16(21)22)8-15(18)20)4-5-13(10)17-6-2-3-14(17)19/h4-5,7,11H,2-3,6,8-9H2,1H3,(H,21,22). The van der Waals surface area contributed by atoms with Gasteiger partial charge in [0.1, 0.15) is 0 Å². The Morgan fingerprint density at radius 1 is 1.23 bits per heavy atom. The summed E-state index contributed by atoms with van der Waals surface area (Å²) in [7, 11) is 0. The van der Waals surface area contributed by atoms with E-state index in [9.17, 15) is 14.4 Å². The molecule has 0 spiro atoms. The smallest absolute Gasteiger partial charge is 0.308 e. The van der Waals surface area contributed by atoms with Crippen molar-refractivity contribution in [2.75, 3.05) is 22.9 Å². The quantitative estimate of drug-likeness (QED) is 0.919. The third kappa shape index (κ3) is 2.45. The summed E-state index contributed by atoms with van der Waals surface area (Å²) in [6, 6.07) is 5.48. The fraction of sp³-hybridized carbons (Fsp3) is 0.438. The molecule has 0 aliphatic carbocycles. The maximum atomic E-state index is 12.0. The van der Waals surface area contributed by atoms with Gasteiger partial charge in [-0.05, 0) is 37.1 Å². The van der Waals surface area contributed by atoms with E-state index in [0.717, 1.165) is 24.2 Å². The number of carbonyl (C=O) groups is 3. The summed E-state index contributed by atoms with van der Waals surface area (Å²) in [5, 5.41) is 9.04. The lowest BCUT2D eigenvalue weighted by Gasteiger charge is -2.22. The third-order valence-corrected chi connectivity index (χ3v) is 4.33. The fourth-order valence-electron chi connectivity index (χ4n) is 3.14. The van der Waals surface area contributed by atoms with Crippen molar-refractivity contribution in [1.82, 2.24) is 0 Å². The summed E-state index contributed by atoms with van der Waals surface area (Å²) in [6.45, 7) is 2.83. The number of nitrogens with zero attached hydrogens (tertiary/aromatic N) is 2. The number of carboxylic acids is 1. The van der Waals surface area contributed by atoms with E-state index >= 15 is 0 Å². The van der Waals surface area contributed by atoms with E-state index in [-0.39, 0.29) is 24.8 Å². The van der Waals surface area contributed by atoms with Crippen LogP contribution in [0.4, 0.5) is 11.4 Å². The van der Waals surface area contributed by atoms with Crippen molar-refractivity contribution in [2.45, 2.75) is 26.2 Å². The summed E-state index contributed by atoms with van der Waals surface area (Å²) in [4.78, 5) is 38.1. The minimum atomic E-state index is -0.938. The number of aryl methyl sites for hydroxylation is 1. The van der Waals surface area contributed by atoms with Crippen molar-refractivity contribution < 1.29 is 19.5 Å². The zero-order valence-electron chi connectivity index (χ0n) is 12.4. The van der Waals surface area contributed by atoms with E-state index in [0.29, 0.717) is 12.1 Å². The maximum Gasteiger partial charge on any atom is 0.308 e. The molecule has 3 rings (SSSR count). The third-order valence-electron chi connectivity index (χ3n) is 4.33. The van der Waals surface area contributed by atoms with E-state index in [1.807, 2.05) is 19.1 Å². The van der Waals surface area contributed by atoms with Crippen molar-refractivity contribution in [1.29, 1.82) is 0 Å². The van der Waals surface area contributed by atoms with Gasteiger partial charge in [-0.2, -0.15) is 0 Å². The first-order chi connectivity index (χ1) is 10.5. The van der Waals surface area contributed by atoms with Crippen LogP contribution in [0.25, 0.3) is 0 Å². The monoisotopic (exact) mass is 302 g/mol. The van der Waals surface area contributed by atoms with Gasteiger partial charge in [-0.1, -0.05) is 0 Å². The highest BCUT2D eigenvalue weighted by Gasteiger charge is 2.35. The Morgan fingerprint density at radius 2 is 2.00 bits per heavy atom. The Morgan fingerprint density at radius 3 is 2.55 bits per heavy atom. The van der Waals surface area contributed by atoms with Crippen LogP contribution in [0.1, 0.15) is 24.8 Å². The van der Waals surface area contributed by atoms with Gasteiger partial charge in [0, 0.05) is 37.3 Å². The summed E-state index contributed by atoms with van der Waals surface area (Å²) in [5.74, 6) is -1.63. The Labute approximate surface area is 128 Å². The predicted molar refractivity (Wildman–Crippen MR) is 80.9 cm³/mol. The molecule has 6 nitrogen and oxygen atoms in total. The number of carboxylic acid groups (broad SMARTS) is 1. The van der Waals surface area contributed by atoms with Crippen molar-refractivity contribution in [3.63, 3.8) is 0 Å². The molecule has 0 aromatic heterocycles. The molecule has 2 amide bonds. The Kier molecular flexibility index (Phi) is 3.60. The molecule has 1 unspecified atom stereocenters. The molecule has 2 aliphatic rings. The average Bonchev–Trinajstić information content (AvgIpc) is 3.05. The van der Waals surface area contributed by atoms with E-state index < -0.39 is 11.9 Å². The van der Waals surface area contributed by atoms with Crippen LogP contribution in [0.2, 0.25) is 0 Å². The molecule has 1 aromatic carbocycles. The molecule has 22 heavy (non-hydrogen) atoms. The highest BCUT2D eigenvalue weighted by atomic mass is 16.4. The summed E-state index contributed by atoms with van der Waals surface area (Å²) >= 11 is 0. The first-order valence-electron chi connectivity index (χ1n) is 7.41. The van der Waals surface area contributed by atoms with Crippen LogP contribution in [0, 0.1) is 12.8 Å². The highest BCUT2D eigenvalue weighted by Crippen LogP contribution is 2.31. The number of aliphatic carboxylic acids is 1. The molecular formula is C16H18N2O4. The van der Waals surface area contributed by atoms with Gasteiger partial charge in [0.15, 0.2) is 0 Å². The molecule has 2 saturated heterocycles. The highest BCUT2D eigenvalue weighted by molar-refractivity contribution is 6.00. The largest absolute Gasteiger partial charge is 0.481 e. The molecule has 1 atom stereocenters. The Bertz CT molecular complexity index is 656. The Hall–Kier alpha value is -2.37. The Balaban J connectivity index is 1.85.